The van der Waals surface area contributed by atoms with Gasteiger partial charge in [-0.2, -0.15) is 0 Å². The zero-order valence-electron chi connectivity index (χ0n) is 21.3. The Morgan fingerprint density at radius 2 is 1.15 bits per heavy atom. The number of rotatable bonds is 7. The lowest BCUT2D eigenvalue weighted by Crippen LogP contribution is -2.46. The van der Waals surface area contributed by atoms with Gasteiger partial charge in [-0.05, 0) is 13.8 Å². The molecular weight excluding hydrogens is 564 g/mol. The highest BCUT2D eigenvalue weighted by molar-refractivity contribution is 8.76. The highest BCUT2D eigenvalue weighted by Crippen LogP contribution is 2.44. The maximum atomic E-state index is 11.1. The van der Waals surface area contributed by atoms with E-state index in [-0.39, 0.29) is 11.6 Å². The van der Waals surface area contributed by atoms with Gasteiger partial charge in [-0.1, -0.05) is 21.6 Å². The van der Waals surface area contributed by atoms with Gasteiger partial charge in [-0.3, -0.25) is 9.13 Å². The zero-order chi connectivity index (χ0) is 28.4. The Morgan fingerprint density at radius 3 is 1.55 bits per heavy atom. The van der Waals surface area contributed by atoms with Crippen molar-refractivity contribution in [3.63, 3.8) is 0 Å². The molecule has 0 saturated carbocycles. The van der Waals surface area contributed by atoms with Gasteiger partial charge in [-0.15, -0.1) is 0 Å². The van der Waals surface area contributed by atoms with Gasteiger partial charge < -0.3 is 41.4 Å². The van der Waals surface area contributed by atoms with E-state index >= 15 is 0 Å². The van der Waals surface area contributed by atoms with Crippen LogP contribution in [0.15, 0.2) is 25.3 Å². The molecule has 0 aromatic carbocycles. The van der Waals surface area contributed by atoms with Gasteiger partial charge in [0.2, 0.25) is 0 Å². The van der Waals surface area contributed by atoms with Gasteiger partial charge >= 0.3 is 0 Å². The molecule has 8 N–H and O–H groups in total. The van der Waals surface area contributed by atoms with E-state index in [2.05, 4.69) is 29.9 Å². The maximum Gasteiger partial charge on any atom is 0.167 e. The van der Waals surface area contributed by atoms with E-state index in [0.717, 1.165) is 0 Å². The normalized spacial score (nSPS) is 34.4. The van der Waals surface area contributed by atoms with Gasteiger partial charge in [0.05, 0.1) is 12.7 Å². The minimum atomic E-state index is -1.57. The number of nitrogens with two attached hydrogens (primary N) is 2. The number of ether oxygens (including phenoxy) is 2. The molecule has 6 rings (SSSR count). The first-order valence-electron chi connectivity index (χ1n) is 12.2. The number of hydrogen-bond acceptors (Lipinski definition) is 16. The van der Waals surface area contributed by atoms with Crippen molar-refractivity contribution in [2.75, 3.05) is 23.0 Å². The molecule has 2 aliphatic heterocycles. The van der Waals surface area contributed by atoms with Crippen molar-refractivity contribution in [2.45, 2.75) is 61.9 Å². The third-order valence-electron chi connectivity index (χ3n) is 7.49. The molecule has 0 amide bonds. The number of aromatic nitrogens is 8. The van der Waals surface area contributed by atoms with Crippen LogP contribution in [0.1, 0.15) is 26.3 Å². The summed E-state index contributed by atoms with van der Waals surface area (Å²) in [5.74, 6) is 1.00. The Bertz CT molecular complexity index is 1440. The number of aliphatic hydroxyl groups excluding tert-OH is 2. The maximum absolute atomic E-state index is 11.1. The molecule has 18 heteroatoms. The molecule has 2 saturated heterocycles. The fourth-order valence-electron chi connectivity index (χ4n) is 4.90. The summed E-state index contributed by atoms with van der Waals surface area (Å²) in [5, 5.41) is 44.0. The highest BCUT2D eigenvalue weighted by Gasteiger charge is 2.54. The van der Waals surface area contributed by atoms with Crippen molar-refractivity contribution in [3.05, 3.63) is 25.3 Å². The third kappa shape index (κ3) is 4.26. The second-order valence-electron chi connectivity index (χ2n) is 10.1. The topological polar surface area (TPSA) is 239 Å². The summed E-state index contributed by atoms with van der Waals surface area (Å²) in [6, 6.07) is 0. The molecule has 2 fully saturated rings. The molecule has 0 spiro atoms. The summed E-state index contributed by atoms with van der Waals surface area (Å²) in [5.41, 5.74) is 10.1. The van der Waals surface area contributed by atoms with Crippen LogP contribution in [0.3, 0.4) is 0 Å². The van der Waals surface area contributed by atoms with Crippen molar-refractivity contribution >= 4 is 55.6 Å². The van der Waals surface area contributed by atoms with Gasteiger partial charge in [0.25, 0.3) is 0 Å². The standard InChI is InChI=1S/C22H28N10O6S2/c1-21(35)9(37-19(13(21)33)31-7-29-11-15(23)25-5-27-17(11)31)3-39-40-4-10-22(2,36)14(34)20(38-10)32-8-30-12-16(24)26-6-28-18(12)32/h5-10,13-14,19-20,33-36H,3-4H2,1-2H3,(H2,23,25,27)(H2,24,26,28)/t9-,10-,13+,14+,19-,20-,21-,22-/m1/s1. The van der Waals surface area contributed by atoms with Crippen LogP contribution < -0.4 is 11.5 Å². The Balaban J connectivity index is 1.10. The van der Waals surface area contributed by atoms with Gasteiger partial charge in [0.1, 0.15) is 59.3 Å². The fraction of sp³-hybridized carbons (Fsp3) is 0.545. The van der Waals surface area contributed by atoms with E-state index in [1.54, 1.807) is 0 Å². The SMILES string of the molecule is C[C@@]1(O)[C@@H](CSSC[C@H]2O[C@@H](n3cnc4c(N)ncnc43)[C@H](O)[C@]2(C)O)O[C@@H](n2cnc3c(N)ncnc32)[C@@H]1O. The van der Waals surface area contributed by atoms with Crippen LogP contribution in [-0.2, 0) is 9.47 Å². The number of nitrogen functional groups attached to an aromatic ring is 2. The van der Waals surface area contributed by atoms with Gasteiger partial charge in [0, 0.05) is 11.5 Å². The molecule has 4 aromatic heterocycles. The highest BCUT2D eigenvalue weighted by atomic mass is 33.1. The molecule has 0 bridgehead atoms. The van der Waals surface area contributed by atoms with E-state index in [4.69, 9.17) is 20.9 Å². The minimum Gasteiger partial charge on any atom is -0.385 e. The Morgan fingerprint density at radius 1 is 0.750 bits per heavy atom. The van der Waals surface area contributed by atoms with E-state index < -0.39 is 48.1 Å². The molecule has 0 radical (unpaired) electrons. The van der Waals surface area contributed by atoms with Crippen LogP contribution in [0.2, 0.25) is 0 Å². The van der Waals surface area contributed by atoms with Crippen LogP contribution in [0, 0.1) is 0 Å². The summed E-state index contributed by atoms with van der Waals surface area (Å²) in [6.45, 7) is 3.02. The first-order valence-corrected chi connectivity index (χ1v) is 14.7. The Kier molecular flexibility index (Phi) is 6.77. The molecule has 8 atom stereocenters. The molecule has 16 nitrogen and oxygen atoms in total. The fourth-order valence-corrected chi connectivity index (χ4v) is 7.49. The average molecular weight is 593 g/mol. The molecule has 4 aromatic rings. The first kappa shape index (κ1) is 27.3. The number of nitrogens with zero attached hydrogens (tertiary/aromatic N) is 8. The molecule has 2 aliphatic rings. The van der Waals surface area contributed by atoms with Crippen molar-refractivity contribution in [2.24, 2.45) is 0 Å². The van der Waals surface area contributed by atoms with E-state index in [0.29, 0.717) is 33.8 Å². The second-order valence-corrected chi connectivity index (χ2v) is 12.7. The van der Waals surface area contributed by atoms with Crippen LogP contribution in [0.5, 0.6) is 0 Å². The number of hydrogen-bond donors (Lipinski definition) is 6. The average Bonchev–Trinajstić information content (AvgIpc) is 3.64. The minimum absolute atomic E-state index is 0.197. The summed E-state index contributed by atoms with van der Waals surface area (Å²) in [4.78, 5) is 24.6. The third-order valence-corrected chi connectivity index (χ3v) is 9.85. The van der Waals surface area contributed by atoms with Crippen molar-refractivity contribution in [3.8, 4) is 0 Å². The van der Waals surface area contributed by atoms with Gasteiger partial charge in [0.15, 0.2) is 35.4 Å². The molecule has 0 aliphatic carbocycles. The number of imidazole rings is 2. The van der Waals surface area contributed by atoms with Crippen LogP contribution >= 0.6 is 21.6 Å². The smallest absolute Gasteiger partial charge is 0.167 e. The summed E-state index contributed by atoms with van der Waals surface area (Å²) < 4.78 is 15.2. The first-order chi connectivity index (χ1) is 19.0. The largest absolute Gasteiger partial charge is 0.385 e. The molecule has 40 heavy (non-hydrogen) atoms. The number of fused-ring (bicyclic) bond motifs is 2. The molecular formula is C22H28N10O6S2. The zero-order valence-corrected chi connectivity index (χ0v) is 23.0. The van der Waals surface area contributed by atoms with E-state index in [1.807, 2.05) is 0 Å². The predicted octanol–water partition coefficient (Wildman–Crippen LogP) is -0.769. The van der Waals surface area contributed by atoms with Crippen molar-refractivity contribution in [1.82, 2.24) is 39.0 Å². The lowest BCUT2D eigenvalue weighted by Gasteiger charge is -2.27. The predicted molar refractivity (Wildman–Crippen MR) is 145 cm³/mol. The summed E-state index contributed by atoms with van der Waals surface area (Å²) in [6.07, 6.45) is -0.448. The van der Waals surface area contributed by atoms with Crippen LogP contribution in [0.4, 0.5) is 11.6 Å². The molecule has 6 heterocycles. The van der Waals surface area contributed by atoms with Crippen molar-refractivity contribution in [1.29, 1.82) is 0 Å². The van der Waals surface area contributed by atoms with E-state index in [9.17, 15) is 20.4 Å². The van der Waals surface area contributed by atoms with Gasteiger partial charge in [-0.25, -0.2) is 29.9 Å². The lowest BCUT2D eigenvalue weighted by molar-refractivity contribution is -0.0570. The molecule has 0 unspecified atom stereocenters. The van der Waals surface area contributed by atoms with Crippen LogP contribution in [0.25, 0.3) is 22.3 Å². The summed E-state index contributed by atoms with van der Waals surface area (Å²) in [7, 11) is 2.75. The summed E-state index contributed by atoms with van der Waals surface area (Å²) >= 11 is 0. The second kappa shape index (κ2) is 9.91. The lowest BCUT2D eigenvalue weighted by atomic mass is 9.95. The quantitative estimate of drug-likeness (QED) is 0.114. The number of anilines is 2. The van der Waals surface area contributed by atoms with Crippen LogP contribution in [-0.4, -0.2) is 107 Å². The van der Waals surface area contributed by atoms with Crippen molar-refractivity contribution < 1.29 is 29.9 Å². The monoisotopic (exact) mass is 592 g/mol. The molecule has 214 valence electrons. The number of aliphatic hydroxyl groups is 4. The van der Waals surface area contributed by atoms with E-state index in [1.165, 1.54) is 69.9 Å². The Labute approximate surface area is 234 Å². The Hall–Kier alpha value is -2.84.